The van der Waals surface area contributed by atoms with Crippen LogP contribution in [0.2, 0.25) is 0 Å². The lowest BCUT2D eigenvalue weighted by Crippen LogP contribution is -2.25. The minimum Gasteiger partial charge on any atom is -0.462 e. The number of ether oxygens (including phenoxy) is 1. The fourth-order valence-electron chi connectivity index (χ4n) is 2.77. The average molecular weight is 340 g/mol. The molecule has 0 saturated carbocycles. The SMILES string of the molecule is CCCCCCCCC=C(C(=O)OCCCCCCCC)C(C)N. The first-order chi connectivity index (χ1) is 11.6. The number of nitrogens with two attached hydrogens (primary N) is 1. The summed E-state index contributed by atoms with van der Waals surface area (Å²) < 4.78 is 5.39. The third-order valence-corrected chi connectivity index (χ3v) is 4.38. The van der Waals surface area contributed by atoms with Crippen molar-refractivity contribution in [2.75, 3.05) is 6.61 Å². The lowest BCUT2D eigenvalue weighted by Gasteiger charge is -2.11. The van der Waals surface area contributed by atoms with Crippen molar-refractivity contribution in [2.24, 2.45) is 5.73 Å². The molecule has 0 aromatic carbocycles. The van der Waals surface area contributed by atoms with Crippen LogP contribution >= 0.6 is 0 Å². The summed E-state index contributed by atoms with van der Waals surface area (Å²) in [6.45, 7) is 6.83. The third kappa shape index (κ3) is 13.6. The van der Waals surface area contributed by atoms with E-state index in [1.807, 2.05) is 13.0 Å². The van der Waals surface area contributed by atoms with E-state index in [0.29, 0.717) is 12.2 Å². The van der Waals surface area contributed by atoms with E-state index in [2.05, 4.69) is 13.8 Å². The van der Waals surface area contributed by atoms with Gasteiger partial charge in [0.2, 0.25) is 0 Å². The van der Waals surface area contributed by atoms with Gasteiger partial charge in [-0.1, -0.05) is 84.1 Å². The molecule has 3 heteroatoms. The summed E-state index contributed by atoms with van der Waals surface area (Å²) in [7, 11) is 0. The van der Waals surface area contributed by atoms with Crippen molar-refractivity contribution >= 4 is 5.97 Å². The quantitative estimate of drug-likeness (QED) is 0.216. The Balaban J connectivity index is 3.89. The standard InChI is InChI=1S/C21H41NO2/c1-4-6-8-10-12-13-15-17-20(19(3)22)21(23)24-18-16-14-11-9-7-5-2/h17,19H,4-16,18,22H2,1-3H3. The Hall–Kier alpha value is -0.830. The first-order valence-electron chi connectivity index (χ1n) is 10.3. The maximum atomic E-state index is 12.2. The maximum Gasteiger partial charge on any atom is 0.335 e. The second kappa shape index (κ2) is 17.0. The molecule has 0 heterocycles. The predicted octanol–water partition coefficient (Wildman–Crippen LogP) is 5.91. The number of hydrogen-bond acceptors (Lipinski definition) is 3. The van der Waals surface area contributed by atoms with E-state index in [9.17, 15) is 4.79 Å². The Labute approximate surface area is 150 Å². The normalized spacial score (nSPS) is 13.1. The minimum atomic E-state index is -0.248. The van der Waals surface area contributed by atoms with Crippen molar-refractivity contribution in [1.82, 2.24) is 0 Å². The van der Waals surface area contributed by atoms with Crippen LogP contribution in [-0.2, 0) is 9.53 Å². The zero-order valence-electron chi connectivity index (χ0n) is 16.4. The van der Waals surface area contributed by atoms with E-state index in [4.69, 9.17) is 10.5 Å². The fraction of sp³-hybridized carbons (Fsp3) is 0.857. The van der Waals surface area contributed by atoms with Gasteiger partial charge < -0.3 is 10.5 Å². The largest absolute Gasteiger partial charge is 0.462 e. The van der Waals surface area contributed by atoms with E-state index in [1.165, 1.54) is 57.8 Å². The Bertz CT molecular complexity index is 324. The highest BCUT2D eigenvalue weighted by Crippen LogP contribution is 2.11. The monoisotopic (exact) mass is 339 g/mol. The van der Waals surface area contributed by atoms with Crippen molar-refractivity contribution in [3.8, 4) is 0 Å². The Morgan fingerprint density at radius 3 is 1.92 bits per heavy atom. The molecule has 0 aliphatic rings. The van der Waals surface area contributed by atoms with Gasteiger partial charge in [0.05, 0.1) is 6.61 Å². The van der Waals surface area contributed by atoms with Crippen LogP contribution in [0, 0.1) is 0 Å². The molecule has 0 bridgehead atoms. The summed E-state index contributed by atoms with van der Waals surface area (Å²) in [5, 5.41) is 0. The smallest absolute Gasteiger partial charge is 0.335 e. The average Bonchev–Trinajstić information content (AvgIpc) is 2.56. The summed E-state index contributed by atoms with van der Waals surface area (Å²) in [5.41, 5.74) is 6.58. The molecule has 0 aromatic heterocycles. The second-order valence-electron chi connectivity index (χ2n) is 6.91. The van der Waals surface area contributed by atoms with Crippen molar-refractivity contribution < 1.29 is 9.53 Å². The number of carbonyl (C=O) groups excluding carboxylic acids is 1. The Kier molecular flexibility index (Phi) is 16.4. The van der Waals surface area contributed by atoms with Gasteiger partial charge in [0.1, 0.15) is 0 Å². The predicted molar refractivity (Wildman–Crippen MR) is 104 cm³/mol. The van der Waals surface area contributed by atoms with Crippen LogP contribution in [0.15, 0.2) is 11.6 Å². The molecular weight excluding hydrogens is 298 g/mol. The lowest BCUT2D eigenvalue weighted by molar-refractivity contribution is -0.139. The molecule has 0 fully saturated rings. The molecule has 0 aromatic rings. The zero-order chi connectivity index (χ0) is 18.0. The van der Waals surface area contributed by atoms with Gasteiger partial charge >= 0.3 is 5.97 Å². The second-order valence-corrected chi connectivity index (χ2v) is 6.91. The van der Waals surface area contributed by atoms with Crippen LogP contribution in [0.25, 0.3) is 0 Å². The molecule has 0 radical (unpaired) electrons. The molecule has 2 N–H and O–H groups in total. The first kappa shape index (κ1) is 23.2. The van der Waals surface area contributed by atoms with Gasteiger partial charge in [-0.05, 0) is 26.2 Å². The molecule has 0 amide bonds. The van der Waals surface area contributed by atoms with Crippen molar-refractivity contribution in [3.63, 3.8) is 0 Å². The summed E-state index contributed by atoms with van der Waals surface area (Å²) in [4.78, 5) is 12.2. The van der Waals surface area contributed by atoms with Crippen LogP contribution in [0.4, 0.5) is 0 Å². The van der Waals surface area contributed by atoms with Crippen LogP contribution < -0.4 is 5.73 Å². The summed E-state index contributed by atoms with van der Waals surface area (Å²) in [6, 6.07) is -0.248. The summed E-state index contributed by atoms with van der Waals surface area (Å²) in [5.74, 6) is -0.218. The summed E-state index contributed by atoms with van der Waals surface area (Å²) >= 11 is 0. The highest BCUT2D eigenvalue weighted by Gasteiger charge is 2.14. The molecule has 0 aliphatic carbocycles. The van der Waals surface area contributed by atoms with Gasteiger partial charge in [0.15, 0.2) is 0 Å². The molecular formula is C21H41NO2. The number of allylic oxidation sites excluding steroid dienone is 1. The molecule has 142 valence electrons. The first-order valence-corrected chi connectivity index (χ1v) is 10.3. The highest BCUT2D eigenvalue weighted by molar-refractivity contribution is 5.89. The topological polar surface area (TPSA) is 52.3 Å². The van der Waals surface area contributed by atoms with Gasteiger partial charge in [0, 0.05) is 11.6 Å². The molecule has 0 saturated heterocycles. The van der Waals surface area contributed by atoms with Gasteiger partial charge in [-0.3, -0.25) is 0 Å². The minimum absolute atomic E-state index is 0.218. The van der Waals surface area contributed by atoms with E-state index in [-0.39, 0.29) is 12.0 Å². The molecule has 0 rings (SSSR count). The van der Waals surface area contributed by atoms with E-state index >= 15 is 0 Å². The van der Waals surface area contributed by atoms with Gasteiger partial charge in [0.25, 0.3) is 0 Å². The molecule has 3 nitrogen and oxygen atoms in total. The van der Waals surface area contributed by atoms with Crippen molar-refractivity contribution in [2.45, 2.75) is 110 Å². The Morgan fingerprint density at radius 1 is 0.875 bits per heavy atom. The van der Waals surface area contributed by atoms with Gasteiger partial charge in [-0.15, -0.1) is 0 Å². The molecule has 24 heavy (non-hydrogen) atoms. The van der Waals surface area contributed by atoms with Gasteiger partial charge in [-0.2, -0.15) is 0 Å². The van der Waals surface area contributed by atoms with Gasteiger partial charge in [-0.25, -0.2) is 4.79 Å². The van der Waals surface area contributed by atoms with Crippen LogP contribution in [0.1, 0.15) is 104 Å². The van der Waals surface area contributed by atoms with Crippen molar-refractivity contribution in [3.05, 3.63) is 11.6 Å². The number of esters is 1. The number of hydrogen-bond donors (Lipinski definition) is 1. The number of rotatable bonds is 16. The maximum absolute atomic E-state index is 12.2. The van der Waals surface area contributed by atoms with Crippen LogP contribution in [-0.4, -0.2) is 18.6 Å². The number of unbranched alkanes of at least 4 members (excludes halogenated alkanes) is 11. The van der Waals surface area contributed by atoms with E-state index in [1.54, 1.807) is 0 Å². The molecule has 1 atom stereocenters. The summed E-state index contributed by atoms with van der Waals surface area (Å²) in [6.07, 6.45) is 17.7. The van der Waals surface area contributed by atoms with Crippen molar-refractivity contribution in [1.29, 1.82) is 0 Å². The zero-order valence-corrected chi connectivity index (χ0v) is 16.4. The van der Waals surface area contributed by atoms with E-state index in [0.717, 1.165) is 25.7 Å². The lowest BCUT2D eigenvalue weighted by atomic mass is 10.1. The van der Waals surface area contributed by atoms with E-state index < -0.39 is 0 Å². The van der Waals surface area contributed by atoms with Crippen LogP contribution in [0.3, 0.4) is 0 Å². The van der Waals surface area contributed by atoms with Crippen LogP contribution in [0.5, 0.6) is 0 Å². The third-order valence-electron chi connectivity index (χ3n) is 4.38. The molecule has 0 spiro atoms. The Morgan fingerprint density at radius 2 is 1.38 bits per heavy atom. The molecule has 0 aliphatic heterocycles. The number of carbonyl (C=O) groups is 1. The highest BCUT2D eigenvalue weighted by atomic mass is 16.5. The molecule has 1 unspecified atom stereocenters. The fourth-order valence-corrected chi connectivity index (χ4v) is 2.77.